The van der Waals surface area contributed by atoms with Crippen LogP contribution in [0.5, 0.6) is 0 Å². The van der Waals surface area contributed by atoms with Gasteiger partial charge in [0.1, 0.15) is 0 Å². The molecule has 102 valence electrons. The van der Waals surface area contributed by atoms with Gasteiger partial charge in [-0.05, 0) is 37.0 Å². The average molecular weight is 261 g/mol. The first kappa shape index (κ1) is 13.6. The maximum Gasteiger partial charge on any atom is 0.335 e. The second-order valence-electron chi connectivity index (χ2n) is 5.14. The van der Waals surface area contributed by atoms with E-state index in [1.807, 2.05) is 0 Å². The molecule has 1 aromatic carbocycles. The van der Waals surface area contributed by atoms with Crippen molar-refractivity contribution in [2.75, 3.05) is 0 Å². The van der Waals surface area contributed by atoms with Crippen molar-refractivity contribution in [1.82, 2.24) is 5.32 Å². The summed E-state index contributed by atoms with van der Waals surface area (Å²) in [6.45, 7) is 2.06. The fraction of sp³-hybridized carbons (Fsp3) is 0.467. The molecule has 19 heavy (non-hydrogen) atoms. The molecule has 0 radical (unpaired) electrons. The van der Waals surface area contributed by atoms with E-state index in [0.717, 1.165) is 18.8 Å². The van der Waals surface area contributed by atoms with E-state index in [9.17, 15) is 9.59 Å². The van der Waals surface area contributed by atoms with Crippen molar-refractivity contribution < 1.29 is 14.7 Å². The van der Waals surface area contributed by atoms with E-state index >= 15 is 0 Å². The molecular weight excluding hydrogens is 242 g/mol. The number of carboxylic acid groups (broad SMARTS) is 1. The SMILES string of the molecule is CCC(CC1CC1)NC(=O)c1cccc(C(=O)O)c1. The van der Waals surface area contributed by atoms with Crippen molar-refractivity contribution in [3.05, 3.63) is 35.4 Å². The third-order valence-corrected chi connectivity index (χ3v) is 3.51. The van der Waals surface area contributed by atoms with E-state index in [4.69, 9.17) is 5.11 Å². The predicted octanol–water partition coefficient (Wildman–Crippen LogP) is 2.69. The fourth-order valence-corrected chi connectivity index (χ4v) is 2.15. The number of carbonyl (C=O) groups excluding carboxylic acids is 1. The second-order valence-corrected chi connectivity index (χ2v) is 5.14. The first-order valence-corrected chi connectivity index (χ1v) is 6.74. The van der Waals surface area contributed by atoms with E-state index in [0.29, 0.717) is 5.56 Å². The molecule has 1 aromatic rings. The zero-order valence-electron chi connectivity index (χ0n) is 11.1. The third-order valence-electron chi connectivity index (χ3n) is 3.51. The van der Waals surface area contributed by atoms with Crippen LogP contribution in [0.15, 0.2) is 24.3 Å². The van der Waals surface area contributed by atoms with E-state index in [2.05, 4.69) is 12.2 Å². The van der Waals surface area contributed by atoms with E-state index < -0.39 is 5.97 Å². The Morgan fingerprint density at radius 3 is 2.63 bits per heavy atom. The summed E-state index contributed by atoms with van der Waals surface area (Å²) in [5, 5.41) is 11.9. The van der Waals surface area contributed by atoms with Crippen molar-refractivity contribution in [3.8, 4) is 0 Å². The van der Waals surface area contributed by atoms with Gasteiger partial charge in [-0.2, -0.15) is 0 Å². The molecular formula is C15H19NO3. The highest BCUT2D eigenvalue weighted by molar-refractivity contribution is 5.97. The fourth-order valence-electron chi connectivity index (χ4n) is 2.15. The molecule has 1 unspecified atom stereocenters. The van der Waals surface area contributed by atoms with Gasteiger partial charge in [0.15, 0.2) is 0 Å². The summed E-state index contributed by atoms with van der Waals surface area (Å²) in [6, 6.07) is 6.34. The number of carbonyl (C=O) groups is 2. The largest absolute Gasteiger partial charge is 0.478 e. The summed E-state index contributed by atoms with van der Waals surface area (Å²) in [6.07, 6.45) is 4.46. The molecule has 4 nitrogen and oxygen atoms in total. The van der Waals surface area contributed by atoms with Gasteiger partial charge in [-0.25, -0.2) is 4.79 Å². The molecule has 0 aliphatic heterocycles. The number of amides is 1. The summed E-state index contributed by atoms with van der Waals surface area (Å²) in [5.41, 5.74) is 0.553. The van der Waals surface area contributed by atoms with Gasteiger partial charge in [-0.1, -0.05) is 25.8 Å². The van der Waals surface area contributed by atoms with Gasteiger partial charge in [0, 0.05) is 11.6 Å². The topological polar surface area (TPSA) is 66.4 Å². The number of carboxylic acids is 1. The first-order chi connectivity index (χ1) is 9.10. The van der Waals surface area contributed by atoms with Crippen LogP contribution in [-0.4, -0.2) is 23.0 Å². The van der Waals surface area contributed by atoms with Crippen LogP contribution in [0.2, 0.25) is 0 Å². The molecule has 0 heterocycles. The standard InChI is InChI=1S/C15H19NO3/c1-2-13(8-10-6-7-10)16-14(17)11-4-3-5-12(9-11)15(18)19/h3-5,9-10,13H,2,6-8H2,1H3,(H,16,17)(H,18,19). The summed E-state index contributed by atoms with van der Waals surface area (Å²) in [4.78, 5) is 23.0. The van der Waals surface area contributed by atoms with Gasteiger partial charge < -0.3 is 10.4 Å². The summed E-state index contributed by atoms with van der Waals surface area (Å²) >= 11 is 0. The van der Waals surface area contributed by atoms with E-state index in [1.54, 1.807) is 12.1 Å². The molecule has 1 amide bonds. The van der Waals surface area contributed by atoms with Crippen LogP contribution in [0.25, 0.3) is 0 Å². The number of hydrogen-bond donors (Lipinski definition) is 2. The van der Waals surface area contributed by atoms with Gasteiger partial charge in [0.05, 0.1) is 5.56 Å². The Hall–Kier alpha value is -1.84. The highest BCUT2D eigenvalue weighted by Gasteiger charge is 2.25. The van der Waals surface area contributed by atoms with E-state index in [1.165, 1.54) is 25.0 Å². The van der Waals surface area contributed by atoms with Crippen LogP contribution in [0, 0.1) is 5.92 Å². The van der Waals surface area contributed by atoms with Crippen molar-refractivity contribution in [1.29, 1.82) is 0 Å². The third kappa shape index (κ3) is 3.81. The lowest BCUT2D eigenvalue weighted by Crippen LogP contribution is -2.34. The van der Waals surface area contributed by atoms with Gasteiger partial charge in [0.2, 0.25) is 0 Å². The van der Waals surface area contributed by atoms with Crippen molar-refractivity contribution in [2.45, 2.75) is 38.6 Å². The zero-order chi connectivity index (χ0) is 13.8. The quantitative estimate of drug-likeness (QED) is 0.827. The maximum atomic E-state index is 12.1. The minimum atomic E-state index is -1.01. The lowest BCUT2D eigenvalue weighted by Gasteiger charge is -2.16. The Labute approximate surface area is 112 Å². The Kier molecular flexibility index (Phi) is 4.20. The van der Waals surface area contributed by atoms with Gasteiger partial charge in [-0.3, -0.25) is 4.79 Å². The smallest absolute Gasteiger partial charge is 0.335 e. The minimum absolute atomic E-state index is 0.142. The van der Waals surface area contributed by atoms with Crippen LogP contribution in [0.1, 0.15) is 53.3 Å². The van der Waals surface area contributed by atoms with Crippen LogP contribution in [0.4, 0.5) is 0 Å². The normalized spacial score (nSPS) is 15.8. The number of hydrogen-bond acceptors (Lipinski definition) is 2. The molecule has 2 N–H and O–H groups in total. The molecule has 1 aliphatic carbocycles. The highest BCUT2D eigenvalue weighted by Crippen LogP contribution is 2.34. The maximum absolute atomic E-state index is 12.1. The summed E-state index contributed by atoms with van der Waals surface area (Å²) < 4.78 is 0. The number of benzene rings is 1. The highest BCUT2D eigenvalue weighted by atomic mass is 16.4. The zero-order valence-corrected chi connectivity index (χ0v) is 11.1. The van der Waals surface area contributed by atoms with Crippen LogP contribution >= 0.6 is 0 Å². The number of rotatable bonds is 6. The molecule has 1 saturated carbocycles. The summed E-state index contributed by atoms with van der Waals surface area (Å²) in [5.74, 6) is -0.439. The predicted molar refractivity (Wildman–Crippen MR) is 72.3 cm³/mol. The molecule has 1 atom stereocenters. The molecule has 0 bridgehead atoms. The molecule has 0 aromatic heterocycles. The molecule has 2 rings (SSSR count). The van der Waals surface area contributed by atoms with Crippen LogP contribution in [0.3, 0.4) is 0 Å². The van der Waals surface area contributed by atoms with Crippen molar-refractivity contribution in [2.24, 2.45) is 5.92 Å². The molecule has 1 aliphatic rings. The average Bonchev–Trinajstić information content (AvgIpc) is 3.22. The monoisotopic (exact) mass is 261 g/mol. The Balaban J connectivity index is 2.01. The Bertz CT molecular complexity index is 480. The Morgan fingerprint density at radius 2 is 2.05 bits per heavy atom. The lowest BCUT2D eigenvalue weighted by molar-refractivity contribution is 0.0697. The number of nitrogens with one attached hydrogen (secondary N) is 1. The molecule has 1 fully saturated rings. The van der Waals surface area contributed by atoms with Crippen molar-refractivity contribution >= 4 is 11.9 Å². The Morgan fingerprint density at radius 1 is 1.37 bits per heavy atom. The molecule has 0 saturated heterocycles. The van der Waals surface area contributed by atoms with Crippen molar-refractivity contribution in [3.63, 3.8) is 0 Å². The summed E-state index contributed by atoms with van der Waals surface area (Å²) in [7, 11) is 0. The second kappa shape index (κ2) is 5.87. The lowest BCUT2D eigenvalue weighted by atomic mass is 10.1. The number of aromatic carboxylic acids is 1. The van der Waals surface area contributed by atoms with Crippen LogP contribution < -0.4 is 5.32 Å². The molecule has 4 heteroatoms. The van der Waals surface area contributed by atoms with Gasteiger partial charge in [-0.15, -0.1) is 0 Å². The molecule has 0 spiro atoms. The first-order valence-electron chi connectivity index (χ1n) is 6.74. The minimum Gasteiger partial charge on any atom is -0.478 e. The van der Waals surface area contributed by atoms with Gasteiger partial charge >= 0.3 is 5.97 Å². The van der Waals surface area contributed by atoms with Crippen LogP contribution in [-0.2, 0) is 0 Å². The van der Waals surface area contributed by atoms with Gasteiger partial charge in [0.25, 0.3) is 5.91 Å². The van der Waals surface area contributed by atoms with E-state index in [-0.39, 0.29) is 17.5 Å².